The number of piperidine rings is 1. The Hall–Kier alpha value is -2.29. The molecule has 0 unspecified atom stereocenters. The molecule has 1 N–H and O–H groups in total. The third-order valence-corrected chi connectivity index (χ3v) is 4.18. The highest BCUT2D eigenvalue weighted by Gasteiger charge is 2.26. The molecular formula is C14H19FN6O2. The minimum Gasteiger partial charge on any atom is -0.479 e. The molecule has 1 aliphatic rings. The molecule has 2 aromatic heterocycles. The molecular weight excluding hydrogens is 303 g/mol. The van der Waals surface area contributed by atoms with Crippen molar-refractivity contribution in [2.24, 2.45) is 7.05 Å². The minimum absolute atomic E-state index is 0.0435. The van der Waals surface area contributed by atoms with E-state index in [1.807, 2.05) is 16.5 Å². The number of methoxy groups -OCH3 is 1. The fourth-order valence-electron chi connectivity index (χ4n) is 2.84. The minimum atomic E-state index is -0.568. The van der Waals surface area contributed by atoms with E-state index in [-0.39, 0.29) is 18.4 Å². The quantitative estimate of drug-likeness (QED) is 0.883. The summed E-state index contributed by atoms with van der Waals surface area (Å²) in [5.41, 5.74) is 0. The van der Waals surface area contributed by atoms with Gasteiger partial charge in [-0.2, -0.15) is 9.37 Å². The Balaban J connectivity index is 1.69. The first-order chi connectivity index (χ1) is 11.1. The van der Waals surface area contributed by atoms with Crippen molar-refractivity contribution in [3.8, 4) is 5.88 Å². The Labute approximate surface area is 133 Å². The van der Waals surface area contributed by atoms with Crippen molar-refractivity contribution in [3.63, 3.8) is 0 Å². The molecule has 0 atom stereocenters. The maximum atomic E-state index is 13.4. The van der Waals surface area contributed by atoms with Crippen molar-refractivity contribution < 1.29 is 14.2 Å². The van der Waals surface area contributed by atoms with Gasteiger partial charge in [0.2, 0.25) is 11.8 Å². The van der Waals surface area contributed by atoms with Crippen molar-refractivity contribution in [2.45, 2.75) is 25.4 Å². The summed E-state index contributed by atoms with van der Waals surface area (Å²) in [5.74, 6) is 1.57. The summed E-state index contributed by atoms with van der Waals surface area (Å²) in [4.78, 5) is 10.1. The lowest BCUT2D eigenvalue weighted by Gasteiger charge is -2.31. The molecule has 0 amide bonds. The van der Waals surface area contributed by atoms with Crippen LogP contribution in [0.15, 0.2) is 6.20 Å². The first kappa shape index (κ1) is 15.6. The zero-order valence-electron chi connectivity index (χ0n) is 13.1. The van der Waals surface area contributed by atoms with E-state index in [9.17, 15) is 9.50 Å². The first-order valence-corrected chi connectivity index (χ1v) is 7.44. The number of hydrogen-bond acceptors (Lipinski definition) is 7. The first-order valence-electron chi connectivity index (χ1n) is 7.44. The molecule has 0 aliphatic carbocycles. The van der Waals surface area contributed by atoms with Gasteiger partial charge in [0, 0.05) is 26.1 Å². The molecule has 124 valence electrons. The number of nitrogens with zero attached hydrogens (tertiary/aromatic N) is 6. The normalized spacial score (nSPS) is 15.9. The number of rotatable bonds is 4. The Bertz CT molecular complexity index is 684. The average Bonchev–Trinajstić information content (AvgIpc) is 2.96. The van der Waals surface area contributed by atoms with Gasteiger partial charge in [0.1, 0.15) is 12.4 Å². The predicted octanol–water partition coefficient (Wildman–Crippen LogP) is 0.629. The summed E-state index contributed by atoms with van der Waals surface area (Å²) in [5, 5.41) is 17.4. The van der Waals surface area contributed by atoms with Crippen molar-refractivity contribution >= 4 is 5.95 Å². The van der Waals surface area contributed by atoms with E-state index >= 15 is 0 Å². The molecule has 1 fully saturated rings. The topological polar surface area (TPSA) is 89.2 Å². The molecule has 1 saturated heterocycles. The van der Waals surface area contributed by atoms with Crippen LogP contribution >= 0.6 is 0 Å². The molecule has 0 bridgehead atoms. The second kappa shape index (κ2) is 6.45. The van der Waals surface area contributed by atoms with Crippen LogP contribution in [0.5, 0.6) is 5.88 Å². The molecule has 8 nitrogen and oxygen atoms in total. The van der Waals surface area contributed by atoms with Crippen LogP contribution in [-0.4, -0.2) is 50.0 Å². The number of aliphatic hydroxyl groups excluding tert-OH is 1. The lowest BCUT2D eigenvalue weighted by Crippen LogP contribution is -2.35. The maximum Gasteiger partial charge on any atom is 0.255 e. The van der Waals surface area contributed by atoms with Gasteiger partial charge in [0.05, 0.1) is 13.3 Å². The van der Waals surface area contributed by atoms with Crippen LogP contribution in [0, 0.1) is 5.82 Å². The maximum absolute atomic E-state index is 13.4. The number of halogens is 1. The van der Waals surface area contributed by atoms with Crippen LogP contribution in [-0.2, 0) is 13.7 Å². The van der Waals surface area contributed by atoms with Crippen LogP contribution in [0.2, 0.25) is 0 Å². The van der Waals surface area contributed by atoms with Gasteiger partial charge in [-0.05, 0) is 12.8 Å². The highest BCUT2D eigenvalue weighted by atomic mass is 19.1. The van der Waals surface area contributed by atoms with Crippen LogP contribution in [0.1, 0.15) is 30.4 Å². The molecule has 0 saturated carbocycles. The largest absolute Gasteiger partial charge is 0.479 e. The van der Waals surface area contributed by atoms with Crippen molar-refractivity contribution in [2.75, 3.05) is 25.1 Å². The lowest BCUT2D eigenvalue weighted by atomic mass is 9.96. The fraction of sp³-hybridized carbons (Fsp3) is 0.571. The lowest BCUT2D eigenvalue weighted by molar-refractivity contribution is 0.266. The van der Waals surface area contributed by atoms with Gasteiger partial charge in [0.15, 0.2) is 5.82 Å². The third kappa shape index (κ3) is 2.96. The highest BCUT2D eigenvalue weighted by Crippen LogP contribution is 2.29. The summed E-state index contributed by atoms with van der Waals surface area (Å²) in [7, 11) is 3.25. The SMILES string of the molecule is COc1nc(N2CCC(c3nnc(CO)n3C)CC2)ncc1F. The molecule has 1 aliphatic heterocycles. The summed E-state index contributed by atoms with van der Waals surface area (Å²) >= 11 is 0. The van der Waals surface area contributed by atoms with Crippen LogP contribution in [0.4, 0.5) is 10.3 Å². The molecule has 9 heteroatoms. The smallest absolute Gasteiger partial charge is 0.255 e. The number of aliphatic hydroxyl groups is 1. The van der Waals surface area contributed by atoms with Gasteiger partial charge in [0.25, 0.3) is 5.88 Å². The monoisotopic (exact) mass is 322 g/mol. The van der Waals surface area contributed by atoms with E-state index in [2.05, 4.69) is 20.2 Å². The zero-order valence-corrected chi connectivity index (χ0v) is 13.1. The van der Waals surface area contributed by atoms with E-state index in [4.69, 9.17) is 4.74 Å². The fourth-order valence-corrected chi connectivity index (χ4v) is 2.84. The predicted molar refractivity (Wildman–Crippen MR) is 79.7 cm³/mol. The van der Waals surface area contributed by atoms with E-state index in [1.54, 1.807) is 0 Å². The van der Waals surface area contributed by atoms with Crippen LogP contribution in [0.3, 0.4) is 0 Å². The van der Waals surface area contributed by atoms with Gasteiger partial charge in [-0.1, -0.05) is 0 Å². The second-order valence-electron chi connectivity index (χ2n) is 5.48. The molecule has 2 aromatic rings. The van der Waals surface area contributed by atoms with Crippen molar-refractivity contribution in [1.82, 2.24) is 24.7 Å². The Morgan fingerprint density at radius 2 is 2.09 bits per heavy atom. The molecule has 3 rings (SSSR count). The summed E-state index contributed by atoms with van der Waals surface area (Å²) < 4.78 is 20.1. The van der Waals surface area contributed by atoms with E-state index in [1.165, 1.54) is 7.11 Å². The molecule has 0 spiro atoms. The summed E-state index contributed by atoms with van der Waals surface area (Å²) in [6.07, 6.45) is 2.85. The van der Waals surface area contributed by atoms with E-state index in [0.717, 1.165) is 38.0 Å². The third-order valence-electron chi connectivity index (χ3n) is 4.18. The van der Waals surface area contributed by atoms with Gasteiger partial charge < -0.3 is 19.3 Å². The van der Waals surface area contributed by atoms with Crippen LogP contribution < -0.4 is 9.64 Å². The Morgan fingerprint density at radius 3 is 2.70 bits per heavy atom. The summed E-state index contributed by atoms with van der Waals surface area (Å²) in [6.45, 7) is 1.35. The molecule has 23 heavy (non-hydrogen) atoms. The second-order valence-corrected chi connectivity index (χ2v) is 5.48. The highest BCUT2D eigenvalue weighted by molar-refractivity contribution is 5.33. The van der Waals surface area contributed by atoms with E-state index < -0.39 is 5.82 Å². The molecule has 3 heterocycles. The number of aromatic nitrogens is 5. The Kier molecular flexibility index (Phi) is 4.37. The summed E-state index contributed by atoms with van der Waals surface area (Å²) in [6, 6.07) is 0. The van der Waals surface area contributed by atoms with E-state index in [0.29, 0.717) is 11.8 Å². The van der Waals surface area contributed by atoms with Gasteiger partial charge >= 0.3 is 0 Å². The van der Waals surface area contributed by atoms with Crippen molar-refractivity contribution in [3.05, 3.63) is 23.7 Å². The Morgan fingerprint density at radius 1 is 1.35 bits per heavy atom. The van der Waals surface area contributed by atoms with Gasteiger partial charge in [-0.15, -0.1) is 10.2 Å². The van der Waals surface area contributed by atoms with Gasteiger partial charge in [-0.3, -0.25) is 0 Å². The van der Waals surface area contributed by atoms with Gasteiger partial charge in [-0.25, -0.2) is 4.98 Å². The molecule has 0 aromatic carbocycles. The zero-order chi connectivity index (χ0) is 16.4. The van der Waals surface area contributed by atoms with Crippen LogP contribution in [0.25, 0.3) is 0 Å². The standard InChI is InChI=1S/C14H19FN6O2/c1-20-11(8-22)18-19-12(20)9-3-5-21(6-4-9)14-16-7-10(15)13(17-14)23-2/h7,9,22H,3-6,8H2,1-2H3. The average molecular weight is 322 g/mol. The van der Waals surface area contributed by atoms with Crippen molar-refractivity contribution in [1.29, 1.82) is 0 Å². The molecule has 0 radical (unpaired) electrons. The number of ether oxygens (including phenoxy) is 1. The number of anilines is 1. The number of hydrogen-bond donors (Lipinski definition) is 1.